The molecule has 0 fully saturated rings. The highest BCUT2D eigenvalue weighted by Gasteiger charge is 2.06. The summed E-state index contributed by atoms with van der Waals surface area (Å²) in [6.07, 6.45) is 0. The molecule has 1 nitrogen and oxygen atoms in total. The van der Waals surface area contributed by atoms with Gasteiger partial charge >= 0.3 is 0 Å². The molecule has 1 atom stereocenters. The first-order valence-electron chi connectivity index (χ1n) is 5.99. The van der Waals surface area contributed by atoms with E-state index in [4.69, 9.17) is 23.2 Å². The Hall–Kier alpha value is -0.540. The summed E-state index contributed by atoms with van der Waals surface area (Å²) in [7, 11) is 0. The molecule has 0 aliphatic heterocycles. The van der Waals surface area contributed by atoms with E-state index < -0.39 is 0 Å². The van der Waals surface area contributed by atoms with E-state index in [1.165, 1.54) is 5.56 Å². The Morgan fingerprint density at radius 3 is 2.37 bits per heavy atom. The second-order valence-electron chi connectivity index (χ2n) is 4.39. The Labute approximate surface area is 132 Å². The summed E-state index contributed by atoms with van der Waals surface area (Å²) in [6, 6.07) is 13.9. The zero-order valence-electron chi connectivity index (χ0n) is 10.5. The molecule has 100 valence electrons. The van der Waals surface area contributed by atoms with Gasteiger partial charge in [-0.15, -0.1) is 0 Å². The number of hydrogen-bond donors (Lipinski definition) is 1. The van der Waals surface area contributed by atoms with E-state index in [-0.39, 0.29) is 6.04 Å². The van der Waals surface area contributed by atoms with E-state index in [9.17, 15) is 0 Å². The fourth-order valence-corrected chi connectivity index (χ4v) is 2.52. The van der Waals surface area contributed by atoms with Gasteiger partial charge in [0.05, 0.1) is 0 Å². The first kappa shape index (κ1) is 14.9. The molecule has 2 rings (SSSR count). The van der Waals surface area contributed by atoms with Crippen LogP contribution in [0.4, 0.5) is 0 Å². The molecule has 4 heteroatoms. The fraction of sp³-hybridized carbons (Fsp3) is 0.200. The molecule has 0 aromatic heterocycles. The smallest absolute Gasteiger partial charge is 0.0410 e. The minimum Gasteiger partial charge on any atom is -0.306 e. The van der Waals surface area contributed by atoms with Crippen LogP contribution >= 0.6 is 39.1 Å². The van der Waals surface area contributed by atoms with Crippen LogP contribution in [0.1, 0.15) is 24.1 Å². The number of rotatable bonds is 4. The van der Waals surface area contributed by atoms with E-state index in [0.717, 1.165) is 26.6 Å². The zero-order chi connectivity index (χ0) is 13.8. The summed E-state index contributed by atoms with van der Waals surface area (Å²) in [6.45, 7) is 2.88. The second kappa shape index (κ2) is 6.76. The summed E-state index contributed by atoms with van der Waals surface area (Å²) in [5.41, 5.74) is 2.36. The predicted molar refractivity (Wildman–Crippen MR) is 85.9 cm³/mol. The minimum absolute atomic E-state index is 0.253. The van der Waals surface area contributed by atoms with Crippen molar-refractivity contribution in [1.82, 2.24) is 5.32 Å². The molecule has 0 saturated carbocycles. The van der Waals surface area contributed by atoms with Crippen LogP contribution in [-0.4, -0.2) is 0 Å². The topological polar surface area (TPSA) is 12.0 Å². The molecule has 0 heterocycles. The van der Waals surface area contributed by atoms with Crippen LogP contribution in [-0.2, 0) is 6.54 Å². The maximum Gasteiger partial charge on any atom is 0.0410 e. The quantitative estimate of drug-likeness (QED) is 0.749. The van der Waals surface area contributed by atoms with Crippen molar-refractivity contribution in [1.29, 1.82) is 0 Å². The number of nitrogens with one attached hydrogen (secondary N) is 1. The maximum absolute atomic E-state index is 6.00. The van der Waals surface area contributed by atoms with E-state index >= 15 is 0 Å². The lowest BCUT2D eigenvalue weighted by Crippen LogP contribution is -2.18. The molecule has 2 aromatic carbocycles. The van der Waals surface area contributed by atoms with Crippen molar-refractivity contribution >= 4 is 39.1 Å². The Bertz CT molecular complexity index is 555. The lowest BCUT2D eigenvalue weighted by molar-refractivity contribution is 0.574. The van der Waals surface area contributed by atoms with Crippen LogP contribution < -0.4 is 5.32 Å². The molecule has 0 amide bonds. The molecular formula is C15H14BrCl2N. The highest BCUT2D eigenvalue weighted by atomic mass is 79.9. The van der Waals surface area contributed by atoms with E-state index in [1.54, 1.807) is 0 Å². The summed E-state index contributed by atoms with van der Waals surface area (Å²) in [4.78, 5) is 0. The van der Waals surface area contributed by atoms with Crippen LogP contribution in [0.25, 0.3) is 0 Å². The van der Waals surface area contributed by atoms with Crippen LogP contribution in [0.2, 0.25) is 10.0 Å². The first-order valence-corrected chi connectivity index (χ1v) is 7.54. The molecule has 0 spiro atoms. The van der Waals surface area contributed by atoms with Crippen molar-refractivity contribution < 1.29 is 0 Å². The Morgan fingerprint density at radius 2 is 1.68 bits per heavy atom. The van der Waals surface area contributed by atoms with Crippen molar-refractivity contribution in [2.24, 2.45) is 0 Å². The molecule has 19 heavy (non-hydrogen) atoms. The average molecular weight is 359 g/mol. The van der Waals surface area contributed by atoms with Gasteiger partial charge in [0.2, 0.25) is 0 Å². The van der Waals surface area contributed by atoms with Crippen LogP contribution in [0.3, 0.4) is 0 Å². The third-order valence-electron chi connectivity index (χ3n) is 2.98. The van der Waals surface area contributed by atoms with Crippen LogP contribution in [0, 0.1) is 0 Å². The van der Waals surface area contributed by atoms with Crippen molar-refractivity contribution in [2.75, 3.05) is 0 Å². The standard InChI is InChI=1S/C15H14BrCl2N/c1-10(11-2-4-13(17)5-3-11)19-9-12-8-14(18)6-7-15(12)16/h2-8,10,19H,9H2,1H3/t10-/m1/s1. The van der Waals surface area contributed by atoms with E-state index in [0.29, 0.717) is 0 Å². The van der Waals surface area contributed by atoms with Crippen molar-refractivity contribution in [2.45, 2.75) is 19.5 Å². The summed E-state index contributed by atoms with van der Waals surface area (Å²) < 4.78 is 1.06. The molecule has 0 saturated heterocycles. The SMILES string of the molecule is C[C@@H](NCc1cc(Cl)ccc1Br)c1ccc(Cl)cc1. The fourth-order valence-electron chi connectivity index (χ4n) is 1.81. The van der Waals surface area contributed by atoms with Gasteiger partial charge in [0.25, 0.3) is 0 Å². The van der Waals surface area contributed by atoms with Gasteiger partial charge in [-0.05, 0) is 48.4 Å². The highest BCUT2D eigenvalue weighted by molar-refractivity contribution is 9.10. The van der Waals surface area contributed by atoms with Crippen molar-refractivity contribution in [3.8, 4) is 0 Å². The third kappa shape index (κ3) is 4.22. The van der Waals surface area contributed by atoms with Gasteiger partial charge < -0.3 is 5.32 Å². The molecule has 0 aliphatic rings. The minimum atomic E-state index is 0.253. The molecule has 2 aromatic rings. The summed E-state index contributed by atoms with van der Waals surface area (Å²) in [5.74, 6) is 0. The van der Waals surface area contributed by atoms with Gasteiger partial charge in [-0.1, -0.05) is 51.3 Å². The Balaban J connectivity index is 2.02. The summed E-state index contributed by atoms with van der Waals surface area (Å²) >= 11 is 15.4. The van der Waals surface area contributed by atoms with Gasteiger partial charge in [-0.2, -0.15) is 0 Å². The first-order chi connectivity index (χ1) is 9.06. The van der Waals surface area contributed by atoms with Gasteiger partial charge in [0.1, 0.15) is 0 Å². The molecular weight excluding hydrogens is 345 g/mol. The molecule has 0 unspecified atom stereocenters. The van der Waals surface area contributed by atoms with E-state index in [2.05, 4.69) is 28.2 Å². The monoisotopic (exact) mass is 357 g/mol. The van der Waals surface area contributed by atoms with Crippen LogP contribution in [0.5, 0.6) is 0 Å². The third-order valence-corrected chi connectivity index (χ3v) is 4.24. The van der Waals surface area contributed by atoms with Crippen LogP contribution in [0.15, 0.2) is 46.9 Å². The lowest BCUT2D eigenvalue weighted by Gasteiger charge is -2.15. The normalized spacial score (nSPS) is 12.4. The van der Waals surface area contributed by atoms with Gasteiger partial charge in [0.15, 0.2) is 0 Å². The van der Waals surface area contributed by atoms with Gasteiger partial charge in [-0.3, -0.25) is 0 Å². The van der Waals surface area contributed by atoms with Crippen molar-refractivity contribution in [3.63, 3.8) is 0 Å². The van der Waals surface area contributed by atoms with E-state index in [1.807, 2.05) is 42.5 Å². The lowest BCUT2D eigenvalue weighted by atomic mass is 10.1. The average Bonchev–Trinajstić information content (AvgIpc) is 2.40. The Kier molecular flexibility index (Phi) is 5.28. The largest absolute Gasteiger partial charge is 0.306 e. The number of hydrogen-bond acceptors (Lipinski definition) is 1. The number of benzene rings is 2. The molecule has 1 N–H and O–H groups in total. The number of halogens is 3. The van der Waals surface area contributed by atoms with Gasteiger partial charge in [-0.25, -0.2) is 0 Å². The zero-order valence-corrected chi connectivity index (χ0v) is 13.6. The maximum atomic E-state index is 6.00. The van der Waals surface area contributed by atoms with Gasteiger partial charge in [0, 0.05) is 27.1 Å². The predicted octanol–water partition coefficient (Wildman–Crippen LogP) is 5.61. The summed E-state index contributed by atoms with van der Waals surface area (Å²) in [5, 5.41) is 4.98. The van der Waals surface area contributed by atoms with Crippen molar-refractivity contribution in [3.05, 3.63) is 68.1 Å². The second-order valence-corrected chi connectivity index (χ2v) is 6.12. The molecule has 0 radical (unpaired) electrons. The highest BCUT2D eigenvalue weighted by Crippen LogP contribution is 2.22. The Morgan fingerprint density at radius 1 is 1.05 bits per heavy atom. The molecule has 0 bridgehead atoms. The molecule has 0 aliphatic carbocycles.